The Labute approximate surface area is 177 Å². The zero-order chi connectivity index (χ0) is 21.5. The SMILES string of the molecule is CC(=O)c1cc(C)c2cc3c(cc2n1)C(NCCc1ccccc1)C(O)C(C)(C)O3. The Morgan fingerprint density at radius 2 is 1.93 bits per heavy atom. The lowest BCUT2D eigenvalue weighted by Crippen LogP contribution is -2.52. The van der Waals surface area contributed by atoms with Crippen LogP contribution < -0.4 is 10.1 Å². The number of carbonyl (C=O) groups excluding carboxylic acids is 1. The molecule has 1 aliphatic rings. The molecule has 1 aliphatic heterocycles. The zero-order valence-electron chi connectivity index (χ0n) is 17.9. The van der Waals surface area contributed by atoms with Gasteiger partial charge in [0.15, 0.2) is 5.78 Å². The lowest BCUT2D eigenvalue weighted by atomic mass is 9.85. The number of aromatic nitrogens is 1. The van der Waals surface area contributed by atoms with Crippen molar-refractivity contribution in [1.82, 2.24) is 10.3 Å². The minimum atomic E-state index is -0.730. The molecule has 4 rings (SSSR count). The average molecular weight is 405 g/mol. The quantitative estimate of drug-likeness (QED) is 0.625. The molecule has 2 atom stereocenters. The molecule has 2 aromatic carbocycles. The Balaban J connectivity index is 1.71. The van der Waals surface area contributed by atoms with E-state index in [2.05, 4.69) is 22.4 Å². The predicted molar refractivity (Wildman–Crippen MR) is 118 cm³/mol. The summed E-state index contributed by atoms with van der Waals surface area (Å²) in [7, 11) is 0. The predicted octanol–water partition coefficient (Wildman–Crippen LogP) is 4.15. The fourth-order valence-electron chi connectivity index (χ4n) is 4.10. The van der Waals surface area contributed by atoms with Crippen LogP contribution in [-0.2, 0) is 6.42 Å². The van der Waals surface area contributed by atoms with Gasteiger partial charge in [0.05, 0.1) is 11.6 Å². The molecule has 3 aromatic rings. The highest BCUT2D eigenvalue weighted by Gasteiger charge is 2.42. The molecular weight excluding hydrogens is 376 g/mol. The summed E-state index contributed by atoms with van der Waals surface area (Å²) in [5.74, 6) is 0.683. The van der Waals surface area contributed by atoms with Crippen molar-refractivity contribution in [3.05, 3.63) is 70.9 Å². The van der Waals surface area contributed by atoms with Crippen LogP contribution in [0.1, 0.15) is 54.0 Å². The minimum Gasteiger partial charge on any atom is -0.485 e. The summed E-state index contributed by atoms with van der Waals surface area (Å²) in [6, 6.07) is 15.7. The maximum absolute atomic E-state index is 11.9. The van der Waals surface area contributed by atoms with Crippen molar-refractivity contribution in [3.8, 4) is 5.75 Å². The van der Waals surface area contributed by atoms with E-state index in [1.807, 2.05) is 57.2 Å². The number of hydrogen-bond acceptors (Lipinski definition) is 5. The van der Waals surface area contributed by atoms with Crippen LogP contribution in [0.4, 0.5) is 0 Å². The number of benzene rings is 2. The van der Waals surface area contributed by atoms with Crippen molar-refractivity contribution < 1.29 is 14.6 Å². The van der Waals surface area contributed by atoms with E-state index in [1.165, 1.54) is 12.5 Å². The van der Waals surface area contributed by atoms with E-state index < -0.39 is 11.7 Å². The fourth-order valence-corrected chi connectivity index (χ4v) is 4.10. The Bertz CT molecular complexity index is 1090. The number of nitrogens with one attached hydrogen (secondary N) is 1. The summed E-state index contributed by atoms with van der Waals surface area (Å²) < 4.78 is 6.18. The van der Waals surface area contributed by atoms with E-state index in [0.717, 1.165) is 40.7 Å². The number of aliphatic hydroxyl groups excluding tert-OH is 1. The Kier molecular flexibility index (Phi) is 5.35. The average Bonchev–Trinajstić information content (AvgIpc) is 2.70. The highest BCUT2D eigenvalue weighted by atomic mass is 16.5. The first kappa shape index (κ1) is 20.5. The van der Waals surface area contributed by atoms with Gasteiger partial charge in [0, 0.05) is 17.9 Å². The molecule has 2 heterocycles. The first-order valence-electron chi connectivity index (χ1n) is 10.4. The molecule has 2 unspecified atom stereocenters. The number of aryl methyl sites for hydroxylation is 1. The maximum Gasteiger partial charge on any atom is 0.178 e. The summed E-state index contributed by atoms with van der Waals surface area (Å²) in [6.07, 6.45) is 0.135. The third kappa shape index (κ3) is 3.83. The molecule has 0 radical (unpaired) electrons. The monoisotopic (exact) mass is 404 g/mol. The van der Waals surface area contributed by atoms with Crippen LogP contribution in [-0.4, -0.2) is 34.1 Å². The number of fused-ring (bicyclic) bond motifs is 2. The van der Waals surface area contributed by atoms with Crippen molar-refractivity contribution in [2.75, 3.05) is 6.54 Å². The number of hydrogen-bond donors (Lipinski definition) is 2. The summed E-state index contributed by atoms with van der Waals surface area (Å²) in [5.41, 5.74) is 3.55. The van der Waals surface area contributed by atoms with Gasteiger partial charge in [-0.1, -0.05) is 30.3 Å². The molecule has 5 nitrogen and oxygen atoms in total. The smallest absolute Gasteiger partial charge is 0.178 e. The van der Waals surface area contributed by atoms with Crippen molar-refractivity contribution >= 4 is 16.7 Å². The standard InChI is InChI=1S/C25H28N2O3/c1-15-12-20(16(2)28)27-21-13-19-22(14-18(15)21)30-25(3,4)24(29)23(19)26-11-10-17-8-6-5-7-9-17/h5-9,12-14,23-24,26,29H,10-11H2,1-4H3. The molecule has 156 valence electrons. The fraction of sp³-hybridized carbons (Fsp3) is 0.360. The van der Waals surface area contributed by atoms with Crippen LogP contribution in [0.25, 0.3) is 10.9 Å². The number of aliphatic hydroxyl groups is 1. The molecule has 0 aliphatic carbocycles. The Hall–Kier alpha value is -2.76. The summed E-state index contributed by atoms with van der Waals surface area (Å²) in [6.45, 7) is 8.02. The summed E-state index contributed by atoms with van der Waals surface area (Å²) in [5, 5.41) is 15.5. The van der Waals surface area contributed by atoms with Crippen LogP contribution in [0, 0.1) is 6.92 Å². The number of nitrogens with zero attached hydrogens (tertiary/aromatic N) is 1. The molecule has 0 saturated heterocycles. The Morgan fingerprint density at radius 3 is 2.63 bits per heavy atom. The van der Waals surface area contributed by atoms with E-state index >= 15 is 0 Å². The molecule has 0 bridgehead atoms. The van der Waals surface area contributed by atoms with E-state index in [0.29, 0.717) is 5.69 Å². The van der Waals surface area contributed by atoms with Gasteiger partial charge < -0.3 is 15.2 Å². The molecule has 0 fully saturated rings. The molecule has 0 amide bonds. The van der Waals surface area contributed by atoms with Gasteiger partial charge in [-0.25, -0.2) is 4.98 Å². The van der Waals surface area contributed by atoms with Crippen LogP contribution in [0.2, 0.25) is 0 Å². The molecule has 0 spiro atoms. The second-order valence-corrected chi connectivity index (χ2v) is 8.61. The van der Waals surface area contributed by atoms with Gasteiger partial charge in [0.25, 0.3) is 0 Å². The van der Waals surface area contributed by atoms with Crippen molar-refractivity contribution in [2.24, 2.45) is 0 Å². The third-order valence-electron chi connectivity index (χ3n) is 5.86. The van der Waals surface area contributed by atoms with Gasteiger partial charge in [-0.15, -0.1) is 0 Å². The van der Waals surface area contributed by atoms with Crippen molar-refractivity contribution in [3.63, 3.8) is 0 Å². The van der Waals surface area contributed by atoms with Gasteiger partial charge in [-0.3, -0.25) is 4.79 Å². The zero-order valence-corrected chi connectivity index (χ0v) is 17.9. The maximum atomic E-state index is 11.9. The van der Waals surface area contributed by atoms with Crippen molar-refractivity contribution in [1.29, 1.82) is 0 Å². The number of pyridine rings is 1. The third-order valence-corrected chi connectivity index (χ3v) is 5.86. The largest absolute Gasteiger partial charge is 0.485 e. The normalized spacial score (nSPS) is 19.9. The topological polar surface area (TPSA) is 71.5 Å². The highest BCUT2D eigenvalue weighted by molar-refractivity contribution is 5.96. The van der Waals surface area contributed by atoms with Crippen molar-refractivity contribution in [2.45, 2.75) is 51.9 Å². The number of rotatable bonds is 5. The van der Waals surface area contributed by atoms with E-state index in [-0.39, 0.29) is 11.8 Å². The number of carbonyl (C=O) groups is 1. The van der Waals surface area contributed by atoms with Crippen LogP contribution in [0.3, 0.4) is 0 Å². The second-order valence-electron chi connectivity index (χ2n) is 8.61. The summed E-state index contributed by atoms with van der Waals surface area (Å²) in [4.78, 5) is 16.4. The molecule has 5 heteroatoms. The van der Waals surface area contributed by atoms with E-state index in [1.54, 1.807) is 0 Å². The van der Waals surface area contributed by atoms with E-state index in [4.69, 9.17) is 4.74 Å². The summed E-state index contributed by atoms with van der Waals surface area (Å²) >= 11 is 0. The molecule has 2 N–H and O–H groups in total. The van der Waals surface area contributed by atoms with Gasteiger partial charge in [0.2, 0.25) is 0 Å². The number of ketones is 1. The first-order valence-corrected chi connectivity index (χ1v) is 10.4. The van der Waals surface area contributed by atoms with Gasteiger partial charge in [0.1, 0.15) is 23.1 Å². The van der Waals surface area contributed by atoms with Crippen LogP contribution in [0.5, 0.6) is 5.75 Å². The highest BCUT2D eigenvalue weighted by Crippen LogP contribution is 2.42. The van der Waals surface area contributed by atoms with Crippen LogP contribution in [0.15, 0.2) is 48.5 Å². The lowest BCUT2D eigenvalue weighted by molar-refractivity contribution is -0.0642. The van der Waals surface area contributed by atoms with Gasteiger partial charge in [-0.05, 0) is 63.1 Å². The second kappa shape index (κ2) is 7.82. The van der Waals surface area contributed by atoms with E-state index in [9.17, 15) is 9.90 Å². The molecular formula is C25H28N2O3. The number of ether oxygens (including phenoxy) is 1. The molecule has 30 heavy (non-hydrogen) atoms. The van der Waals surface area contributed by atoms with Gasteiger partial charge in [-0.2, -0.15) is 0 Å². The first-order chi connectivity index (χ1) is 14.3. The number of Topliss-reactive ketones (excluding diaryl/α,β-unsaturated/α-hetero) is 1. The van der Waals surface area contributed by atoms with Gasteiger partial charge >= 0.3 is 0 Å². The lowest BCUT2D eigenvalue weighted by Gasteiger charge is -2.42. The molecule has 0 saturated carbocycles. The molecule has 1 aromatic heterocycles. The minimum absolute atomic E-state index is 0.0623. The van der Waals surface area contributed by atoms with Crippen LogP contribution >= 0.6 is 0 Å². The Morgan fingerprint density at radius 1 is 1.20 bits per heavy atom.